The maximum absolute atomic E-state index is 12.7. The summed E-state index contributed by atoms with van der Waals surface area (Å²) in [5.41, 5.74) is 1.96. The molecule has 12 heteroatoms. The average molecular weight is 547 g/mol. The third-order valence-corrected chi connectivity index (χ3v) is 7.46. The van der Waals surface area contributed by atoms with E-state index in [2.05, 4.69) is 20.5 Å². The van der Waals surface area contributed by atoms with Crippen LogP contribution in [0.15, 0.2) is 78.2 Å². The molecule has 3 heterocycles. The second-order valence-corrected chi connectivity index (χ2v) is 10.1. The largest absolute Gasteiger partial charge is 0.492 e. The number of aromatic carboxylic acids is 1. The average Bonchev–Trinajstić information content (AvgIpc) is 3.43. The maximum Gasteiger partial charge on any atom is 0.415 e. The molecule has 1 fully saturated rings. The van der Waals surface area contributed by atoms with Crippen molar-refractivity contribution in [2.24, 2.45) is 0 Å². The van der Waals surface area contributed by atoms with Gasteiger partial charge in [-0.1, -0.05) is 23.9 Å². The van der Waals surface area contributed by atoms with Crippen LogP contribution in [0, 0.1) is 0 Å². The number of hydrogen-bond acceptors (Lipinski definition) is 9. The Morgan fingerprint density at radius 2 is 1.77 bits per heavy atom. The number of likely N-dealkylation sites (tertiary alicyclic amines) is 1. The quantitative estimate of drug-likeness (QED) is 0.327. The first-order chi connectivity index (χ1) is 19.0. The lowest BCUT2D eigenvalue weighted by Gasteiger charge is -2.30. The first kappa shape index (κ1) is 26.2. The summed E-state index contributed by atoms with van der Waals surface area (Å²) in [6.07, 6.45) is 5.27. The van der Waals surface area contributed by atoms with Crippen molar-refractivity contribution in [2.75, 3.05) is 19.7 Å². The summed E-state index contributed by atoms with van der Waals surface area (Å²) in [5, 5.41) is 21.9. The predicted octanol–water partition coefficient (Wildman–Crippen LogP) is 4.13. The van der Waals surface area contributed by atoms with Crippen LogP contribution in [0.5, 0.6) is 11.5 Å². The monoisotopic (exact) mass is 546 g/mol. The van der Waals surface area contributed by atoms with Gasteiger partial charge in [0, 0.05) is 31.0 Å². The molecule has 0 bridgehead atoms. The Morgan fingerprint density at radius 1 is 1.00 bits per heavy atom. The summed E-state index contributed by atoms with van der Waals surface area (Å²) in [4.78, 5) is 29.5. The number of nitrogens with zero attached hydrogens (tertiary/aromatic N) is 6. The van der Waals surface area contributed by atoms with E-state index in [-0.39, 0.29) is 16.9 Å². The Kier molecular flexibility index (Phi) is 8.32. The van der Waals surface area contributed by atoms with E-state index in [4.69, 9.17) is 14.6 Å². The highest BCUT2D eigenvalue weighted by molar-refractivity contribution is 7.99. The van der Waals surface area contributed by atoms with E-state index in [1.165, 1.54) is 12.1 Å². The Bertz CT molecular complexity index is 1390. The number of piperidine rings is 1. The molecule has 39 heavy (non-hydrogen) atoms. The highest BCUT2D eigenvalue weighted by Gasteiger charge is 2.26. The number of benzene rings is 2. The molecule has 0 spiro atoms. The highest BCUT2D eigenvalue weighted by Crippen LogP contribution is 2.30. The normalized spacial score (nSPS) is 13.7. The number of rotatable bonds is 9. The molecule has 1 aliphatic rings. The molecule has 0 atom stereocenters. The lowest BCUT2D eigenvalue weighted by molar-refractivity contribution is 0.0696. The summed E-state index contributed by atoms with van der Waals surface area (Å²) >= 11 is 1.55. The van der Waals surface area contributed by atoms with Gasteiger partial charge in [-0.15, -0.1) is 5.10 Å². The molecular formula is C27H26N6O5S. The number of pyridine rings is 1. The minimum atomic E-state index is -0.988. The van der Waals surface area contributed by atoms with Crippen LogP contribution in [-0.2, 0) is 6.42 Å². The molecule has 0 unspecified atom stereocenters. The molecule has 2 aromatic carbocycles. The molecule has 1 amide bonds. The standard InChI is InChI=1S/C27H26N6O5S/c34-25(35)20-5-7-21(8-6-20)33-26(29-30-31-33)39-24-11-15-32(16-12-24)27(36)38-22-9-3-19(4-10-22)13-17-37-23-2-1-14-28-18-23/h1-10,14,18,24H,11-13,15-17H2,(H,34,35). The number of carbonyl (C=O) groups excluding carboxylic acids is 1. The van der Waals surface area contributed by atoms with E-state index >= 15 is 0 Å². The molecule has 1 N–H and O–H groups in total. The molecule has 11 nitrogen and oxygen atoms in total. The van der Waals surface area contributed by atoms with E-state index in [1.807, 2.05) is 24.3 Å². The smallest absolute Gasteiger partial charge is 0.415 e. The van der Waals surface area contributed by atoms with E-state index in [1.54, 1.807) is 58.0 Å². The zero-order valence-corrected chi connectivity index (χ0v) is 21.7. The number of carbonyl (C=O) groups is 2. The van der Waals surface area contributed by atoms with Gasteiger partial charge in [0.2, 0.25) is 5.16 Å². The number of ether oxygens (including phenoxy) is 2. The van der Waals surface area contributed by atoms with Crippen molar-refractivity contribution in [1.82, 2.24) is 30.1 Å². The topological polar surface area (TPSA) is 133 Å². The minimum absolute atomic E-state index is 0.197. The van der Waals surface area contributed by atoms with Gasteiger partial charge in [0.05, 0.1) is 24.1 Å². The Morgan fingerprint density at radius 3 is 2.46 bits per heavy atom. The van der Waals surface area contributed by atoms with Crippen molar-refractivity contribution in [3.05, 3.63) is 84.2 Å². The molecule has 0 radical (unpaired) electrons. The summed E-state index contributed by atoms with van der Waals surface area (Å²) in [7, 11) is 0. The van der Waals surface area contributed by atoms with Crippen LogP contribution >= 0.6 is 11.8 Å². The van der Waals surface area contributed by atoms with E-state index < -0.39 is 5.97 Å². The zero-order valence-electron chi connectivity index (χ0n) is 20.9. The Labute approximate surface area is 228 Å². The van der Waals surface area contributed by atoms with Crippen LogP contribution in [0.1, 0.15) is 28.8 Å². The van der Waals surface area contributed by atoms with E-state index in [9.17, 15) is 9.59 Å². The van der Waals surface area contributed by atoms with Gasteiger partial charge in [-0.05, 0) is 77.4 Å². The molecule has 0 aliphatic carbocycles. The van der Waals surface area contributed by atoms with Gasteiger partial charge < -0.3 is 19.5 Å². The van der Waals surface area contributed by atoms with Crippen LogP contribution in [0.3, 0.4) is 0 Å². The lowest BCUT2D eigenvalue weighted by Crippen LogP contribution is -2.41. The molecule has 2 aromatic heterocycles. The fraction of sp³-hybridized carbons (Fsp3) is 0.259. The van der Waals surface area contributed by atoms with Gasteiger partial charge in [-0.3, -0.25) is 4.98 Å². The SMILES string of the molecule is O=C(O)c1ccc(-n2nnnc2SC2CCN(C(=O)Oc3ccc(CCOc4cccnc4)cc3)CC2)cc1. The van der Waals surface area contributed by atoms with Crippen molar-refractivity contribution >= 4 is 23.8 Å². The molecule has 200 valence electrons. The van der Waals surface area contributed by atoms with Crippen LogP contribution < -0.4 is 9.47 Å². The fourth-order valence-corrected chi connectivity index (χ4v) is 5.14. The fourth-order valence-electron chi connectivity index (χ4n) is 4.07. The second kappa shape index (κ2) is 12.4. The number of amides is 1. The van der Waals surface area contributed by atoms with Crippen LogP contribution in [0.4, 0.5) is 4.79 Å². The van der Waals surface area contributed by atoms with Gasteiger partial charge in [0.25, 0.3) is 0 Å². The third kappa shape index (κ3) is 6.90. The molecular weight excluding hydrogens is 520 g/mol. The van der Waals surface area contributed by atoms with Gasteiger partial charge in [0.1, 0.15) is 11.5 Å². The first-order valence-electron chi connectivity index (χ1n) is 12.4. The summed E-state index contributed by atoms with van der Waals surface area (Å²) in [6.45, 7) is 1.66. The summed E-state index contributed by atoms with van der Waals surface area (Å²) in [6, 6.07) is 17.5. The van der Waals surface area contributed by atoms with E-state index in [0.717, 1.165) is 30.6 Å². The second-order valence-electron chi connectivity index (χ2n) is 8.83. The predicted molar refractivity (Wildman–Crippen MR) is 142 cm³/mol. The number of aromatic nitrogens is 5. The lowest BCUT2D eigenvalue weighted by atomic mass is 10.1. The van der Waals surface area contributed by atoms with E-state index in [0.29, 0.717) is 36.3 Å². The van der Waals surface area contributed by atoms with Gasteiger partial charge in [-0.25, -0.2) is 9.59 Å². The molecule has 5 rings (SSSR count). The number of tetrazole rings is 1. The van der Waals surface area contributed by atoms with Crippen molar-refractivity contribution in [2.45, 2.75) is 29.7 Å². The molecule has 1 saturated heterocycles. The Balaban J connectivity index is 1.07. The van der Waals surface area contributed by atoms with Crippen LogP contribution in [0.25, 0.3) is 5.69 Å². The van der Waals surface area contributed by atoms with Crippen molar-refractivity contribution in [3.8, 4) is 17.2 Å². The minimum Gasteiger partial charge on any atom is -0.492 e. The third-order valence-electron chi connectivity index (χ3n) is 6.19. The number of carboxylic acids is 1. The van der Waals surface area contributed by atoms with Crippen LogP contribution in [-0.4, -0.2) is 72.2 Å². The van der Waals surface area contributed by atoms with Crippen molar-refractivity contribution < 1.29 is 24.2 Å². The molecule has 1 aliphatic heterocycles. The van der Waals surface area contributed by atoms with Gasteiger partial charge in [0.15, 0.2) is 0 Å². The highest BCUT2D eigenvalue weighted by atomic mass is 32.2. The number of thioether (sulfide) groups is 1. The maximum atomic E-state index is 12.7. The summed E-state index contributed by atoms with van der Waals surface area (Å²) < 4.78 is 12.9. The first-order valence-corrected chi connectivity index (χ1v) is 13.3. The molecule has 4 aromatic rings. The molecule has 0 saturated carbocycles. The van der Waals surface area contributed by atoms with Crippen molar-refractivity contribution in [3.63, 3.8) is 0 Å². The number of hydrogen-bond donors (Lipinski definition) is 1. The Hall–Kier alpha value is -4.45. The van der Waals surface area contributed by atoms with Crippen molar-refractivity contribution in [1.29, 1.82) is 0 Å². The van der Waals surface area contributed by atoms with Crippen LogP contribution in [0.2, 0.25) is 0 Å². The zero-order chi connectivity index (χ0) is 27.0. The van der Waals surface area contributed by atoms with Gasteiger partial charge >= 0.3 is 12.1 Å². The van der Waals surface area contributed by atoms with Gasteiger partial charge in [-0.2, -0.15) is 4.68 Å². The number of carboxylic acid groups (broad SMARTS) is 1. The summed E-state index contributed by atoms with van der Waals surface area (Å²) in [5.74, 6) is 0.246.